The molecule has 6 heteroatoms. The van der Waals surface area contributed by atoms with Crippen molar-refractivity contribution in [3.8, 4) is 11.5 Å². The van der Waals surface area contributed by atoms with Crippen LogP contribution in [0.15, 0.2) is 65.1 Å². The molecular weight excluding hydrogens is 380 g/mol. The molecule has 1 aromatic heterocycles. The fourth-order valence-corrected chi connectivity index (χ4v) is 4.63. The Morgan fingerprint density at radius 2 is 2.04 bits per heavy atom. The van der Waals surface area contributed by atoms with Crippen molar-refractivity contribution in [2.45, 2.75) is 18.7 Å². The number of nitrogens with zero attached hydrogens (tertiary/aromatic N) is 2. The lowest BCUT2D eigenvalue weighted by molar-refractivity contribution is -0.0203. The maximum Gasteiger partial charge on any atom is 0.217 e. The molecule has 0 N–H and O–H groups in total. The second-order valence-electron chi connectivity index (χ2n) is 6.52. The first-order valence-electron chi connectivity index (χ1n) is 8.73. The van der Waals surface area contributed by atoms with E-state index in [2.05, 4.69) is 17.5 Å². The number of hydrazone groups is 1. The Morgan fingerprint density at radius 1 is 1.15 bits per heavy atom. The maximum atomic E-state index is 6.38. The van der Waals surface area contributed by atoms with Gasteiger partial charge in [0.15, 0.2) is 0 Å². The SMILES string of the molecule is COc1ccccc1C1Oc2ccc(Cl)cc2C2CC(c3cccs3)=NN21. The topological polar surface area (TPSA) is 34.1 Å². The second-order valence-corrected chi connectivity index (χ2v) is 7.90. The van der Waals surface area contributed by atoms with E-state index in [0.717, 1.165) is 34.8 Å². The lowest BCUT2D eigenvalue weighted by Gasteiger charge is -2.38. The third kappa shape index (κ3) is 2.78. The summed E-state index contributed by atoms with van der Waals surface area (Å²) in [5, 5.41) is 9.78. The number of hydrogen-bond donors (Lipinski definition) is 0. The van der Waals surface area contributed by atoms with Crippen molar-refractivity contribution in [1.29, 1.82) is 0 Å². The lowest BCUT2D eigenvalue weighted by atomic mass is 9.97. The second kappa shape index (κ2) is 6.59. The van der Waals surface area contributed by atoms with Crippen LogP contribution in [0.25, 0.3) is 0 Å². The Labute approximate surface area is 166 Å². The van der Waals surface area contributed by atoms with Gasteiger partial charge >= 0.3 is 0 Å². The predicted octanol–water partition coefficient (Wildman–Crippen LogP) is 5.65. The first-order valence-corrected chi connectivity index (χ1v) is 9.99. The zero-order chi connectivity index (χ0) is 18.4. The van der Waals surface area contributed by atoms with E-state index in [1.165, 1.54) is 4.88 Å². The number of thiophene rings is 1. The average Bonchev–Trinajstić information content (AvgIpc) is 3.37. The van der Waals surface area contributed by atoms with E-state index in [0.29, 0.717) is 5.02 Å². The molecule has 2 aliphatic rings. The molecule has 2 unspecified atom stereocenters. The van der Waals surface area contributed by atoms with E-state index in [9.17, 15) is 0 Å². The number of rotatable bonds is 3. The number of ether oxygens (including phenoxy) is 2. The van der Waals surface area contributed by atoms with Gasteiger partial charge in [0.2, 0.25) is 6.23 Å². The molecule has 27 heavy (non-hydrogen) atoms. The number of para-hydroxylation sites is 1. The molecule has 4 nitrogen and oxygen atoms in total. The van der Waals surface area contributed by atoms with Crippen LogP contribution in [0.3, 0.4) is 0 Å². The summed E-state index contributed by atoms with van der Waals surface area (Å²) < 4.78 is 12.0. The maximum absolute atomic E-state index is 6.38. The summed E-state index contributed by atoms with van der Waals surface area (Å²) in [4.78, 5) is 1.19. The molecular formula is C21H17ClN2O2S. The molecule has 0 amide bonds. The monoisotopic (exact) mass is 396 g/mol. The Balaban J connectivity index is 1.64. The molecule has 3 heterocycles. The van der Waals surface area contributed by atoms with Crippen LogP contribution < -0.4 is 9.47 Å². The van der Waals surface area contributed by atoms with E-state index < -0.39 is 0 Å². The quantitative estimate of drug-likeness (QED) is 0.573. The molecule has 0 radical (unpaired) electrons. The molecule has 0 spiro atoms. The molecule has 2 aromatic carbocycles. The van der Waals surface area contributed by atoms with Crippen molar-refractivity contribution >= 4 is 28.6 Å². The number of methoxy groups -OCH3 is 1. The van der Waals surface area contributed by atoms with Gasteiger partial charge in [-0.3, -0.25) is 0 Å². The molecule has 5 rings (SSSR count). The summed E-state index contributed by atoms with van der Waals surface area (Å²) in [6.45, 7) is 0. The third-order valence-electron chi connectivity index (χ3n) is 4.96. The lowest BCUT2D eigenvalue weighted by Crippen LogP contribution is -2.33. The van der Waals surface area contributed by atoms with Crippen molar-refractivity contribution < 1.29 is 9.47 Å². The zero-order valence-corrected chi connectivity index (χ0v) is 16.2. The molecule has 3 aromatic rings. The Bertz CT molecular complexity index is 1020. The predicted molar refractivity (Wildman–Crippen MR) is 108 cm³/mol. The Morgan fingerprint density at radius 3 is 2.85 bits per heavy atom. The van der Waals surface area contributed by atoms with Crippen molar-refractivity contribution in [3.05, 3.63) is 81.0 Å². The molecule has 136 valence electrons. The zero-order valence-electron chi connectivity index (χ0n) is 14.6. The average molecular weight is 397 g/mol. The van der Waals surface area contributed by atoms with Crippen LogP contribution in [0.5, 0.6) is 11.5 Å². The minimum absolute atomic E-state index is 0.0828. The van der Waals surface area contributed by atoms with Crippen LogP contribution in [0.1, 0.15) is 34.7 Å². The van der Waals surface area contributed by atoms with Crippen molar-refractivity contribution in [1.82, 2.24) is 5.01 Å². The summed E-state index contributed by atoms with van der Waals surface area (Å²) >= 11 is 7.98. The molecule has 0 bridgehead atoms. The molecule has 0 saturated heterocycles. The smallest absolute Gasteiger partial charge is 0.217 e. The van der Waals surface area contributed by atoms with Crippen LogP contribution in [-0.4, -0.2) is 17.8 Å². The van der Waals surface area contributed by atoms with Crippen molar-refractivity contribution in [2.24, 2.45) is 5.10 Å². The highest BCUT2D eigenvalue weighted by Crippen LogP contribution is 2.49. The number of hydrogen-bond acceptors (Lipinski definition) is 5. The number of halogens is 1. The van der Waals surface area contributed by atoms with Gasteiger partial charge in [-0.1, -0.05) is 29.8 Å². The number of fused-ring (bicyclic) bond motifs is 3. The molecule has 0 aliphatic carbocycles. The Hall–Kier alpha value is -2.50. The summed E-state index contributed by atoms with van der Waals surface area (Å²) in [5.74, 6) is 1.64. The normalized spacial score (nSPS) is 20.5. The summed E-state index contributed by atoms with van der Waals surface area (Å²) in [7, 11) is 1.68. The van der Waals surface area contributed by atoms with Gasteiger partial charge in [-0.05, 0) is 41.8 Å². The highest BCUT2D eigenvalue weighted by atomic mass is 35.5. The molecule has 2 aliphatic heterocycles. The van der Waals surface area contributed by atoms with Crippen LogP contribution in [-0.2, 0) is 0 Å². The highest BCUT2D eigenvalue weighted by Gasteiger charge is 2.42. The van der Waals surface area contributed by atoms with E-state index in [4.69, 9.17) is 26.2 Å². The summed E-state index contributed by atoms with van der Waals surface area (Å²) in [5.41, 5.74) is 3.11. The van der Waals surface area contributed by atoms with Gasteiger partial charge in [-0.25, -0.2) is 5.01 Å². The summed E-state index contributed by atoms with van der Waals surface area (Å²) in [6, 6.07) is 18.0. The third-order valence-corrected chi connectivity index (χ3v) is 6.12. The molecule has 2 atom stereocenters. The molecule has 0 saturated carbocycles. The van der Waals surface area contributed by atoms with Gasteiger partial charge in [0, 0.05) is 17.0 Å². The van der Waals surface area contributed by atoms with Gasteiger partial charge < -0.3 is 9.47 Å². The first kappa shape index (κ1) is 16.7. The summed E-state index contributed by atoms with van der Waals surface area (Å²) in [6.07, 6.45) is 0.473. The van der Waals surface area contributed by atoms with Crippen LogP contribution in [0.4, 0.5) is 0 Å². The van der Waals surface area contributed by atoms with E-state index in [-0.39, 0.29) is 12.3 Å². The fourth-order valence-electron chi connectivity index (χ4n) is 3.73. The van der Waals surface area contributed by atoms with Gasteiger partial charge in [0.05, 0.1) is 29.3 Å². The van der Waals surface area contributed by atoms with E-state index in [1.807, 2.05) is 47.5 Å². The van der Waals surface area contributed by atoms with Crippen LogP contribution in [0, 0.1) is 0 Å². The Kier molecular flexibility index (Phi) is 4.06. The minimum atomic E-state index is -0.350. The van der Waals surface area contributed by atoms with Crippen LogP contribution in [0.2, 0.25) is 5.02 Å². The van der Waals surface area contributed by atoms with Crippen LogP contribution >= 0.6 is 22.9 Å². The highest BCUT2D eigenvalue weighted by molar-refractivity contribution is 7.12. The largest absolute Gasteiger partial charge is 0.496 e. The minimum Gasteiger partial charge on any atom is -0.496 e. The van der Waals surface area contributed by atoms with Crippen molar-refractivity contribution in [3.63, 3.8) is 0 Å². The van der Waals surface area contributed by atoms with Gasteiger partial charge in [0.25, 0.3) is 0 Å². The van der Waals surface area contributed by atoms with Gasteiger partial charge in [0.1, 0.15) is 11.5 Å². The standard InChI is InChI=1S/C21H17ClN2O2S/c1-25-18-6-3-2-5-14(18)21-24-17(12-16(23-24)20-7-4-10-27-20)15-11-13(22)8-9-19(15)26-21/h2-11,17,21H,12H2,1H3. The van der Waals surface area contributed by atoms with Gasteiger partial charge in [-0.2, -0.15) is 5.10 Å². The van der Waals surface area contributed by atoms with Crippen molar-refractivity contribution in [2.75, 3.05) is 7.11 Å². The molecule has 0 fully saturated rings. The first-order chi connectivity index (χ1) is 13.2. The fraction of sp³-hybridized carbons (Fsp3) is 0.190. The number of benzene rings is 2. The van der Waals surface area contributed by atoms with Gasteiger partial charge in [-0.15, -0.1) is 11.3 Å². The van der Waals surface area contributed by atoms with E-state index >= 15 is 0 Å². The van der Waals surface area contributed by atoms with E-state index in [1.54, 1.807) is 18.4 Å².